The van der Waals surface area contributed by atoms with Crippen molar-refractivity contribution in [2.24, 2.45) is 5.73 Å². The third kappa shape index (κ3) is 4.72. The molecule has 0 spiro atoms. The van der Waals surface area contributed by atoms with Gasteiger partial charge >= 0.3 is 0 Å². The van der Waals surface area contributed by atoms with E-state index in [2.05, 4.69) is 11.8 Å². The Morgan fingerprint density at radius 1 is 1.44 bits per heavy atom. The molecule has 0 aliphatic carbocycles. The summed E-state index contributed by atoms with van der Waals surface area (Å²) in [6, 6.07) is 6.00. The first-order valence-corrected chi connectivity index (χ1v) is 6.40. The lowest BCUT2D eigenvalue weighted by Gasteiger charge is -2.26. The number of benzene rings is 1. The second-order valence-electron chi connectivity index (χ2n) is 5.49. The molecule has 0 saturated heterocycles. The molecule has 18 heavy (non-hydrogen) atoms. The predicted octanol–water partition coefficient (Wildman–Crippen LogP) is 1.83. The standard InChI is InChI=1S/C14H22N2OS/c1-10-7-11(13(15)18)5-6-12(10)8-16(4)9-14(2,3)17/h5-7,17H,8-9H2,1-4H3,(H2,15,18). The monoisotopic (exact) mass is 266 g/mol. The summed E-state index contributed by atoms with van der Waals surface area (Å²) in [5.74, 6) is 0. The molecule has 0 radical (unpaired) electrons. The Labute approximate surface area is 115 Å². The average Bonchev–Trinajstić information content (AvgIpc) is 2.17. The van der Waals surface area contributed by atoms with E-state index in [9.17, 15) is 5.11 Å². The van der Waals surface area contributed by atoms with Gasteiger partial charge in [0.15, 0.2) is 0 Å². The quantitative estimate of drug-likeness (QED) is 0.798. The molecule has 0 heterocycles. The van der Waals surface area contributed by atoms with Gasteiger partial charge in [0.1, 0.15) is 4.99 Å². The van der Waals surface area contributed by atoms with Gasteiger partial charge in [0.05, 0.1) is 5.60 Å². The summed E-state index contributed by atoms with van der Waals surface area (Å²) in [5, 5.41) is 9.78. The first-order valence-electron chi connectivity index (χ1n) is 5.99. The van der Waals surface area contributed by atoms with E-state index in [0.717, 1.165) is 12.1 Å². The van der Waals surface area contributed by atoms with Crippen LogP contribution in [0, 0.1) is 6.92 Å². The number of hydrogen-bond acceptors (Lipinski definition) is 3. The third-order valence-electron chi connectivity index (χ3n) is 2.72. The molecule has 1 rings (SSSR count). The summed E-state index contributed by atoms with van der Waals surface area (Å²) in [6.45, 7) is 7.10. The molecule has 1 aromatic carbocycles. The van der Waals surface area contributed by atoms with Crippen LogP contribution >= 0.6 is 12.2 Å². The molecule has 0 bridgehead atoms. The molecule has 3 nitrogen and oxygen atoms in total. The maximum atomic E-state index is 9.78. The van der Waals surface area contributed by atoms with Gasteiger partial charge in [-0.3, -0.25) is 4.90 Å². The zero-order valence-corrected chi connectivity index (χ0v) is 12.3. The lowest BCUT2D eigenvalue weighted by molar-refractivity contribution is 0.0424. The summed E-state index contributed by atoms with van der Waals surface area (Å²) in [6.07, 6.45) is 0. The topological polar surface area (TPSA) is 49.5 Å². The second-order valence-corrected chi connectivity index (χ2v) is 5.93. The molecular formula is C14H22N2OS. The number of nitrogens with zero attached hydrogens (tertiary/aromatic N) is 1. The molecule has 3 N–H and O–H groups in total. The number of hydrogen-bond donors (Lipinski definition) is 2. The maximum absolute atomic E-state index is 9.78. The summed E-state index contributed by atoms with van der Waals surface area (Å²) in [5.41, 5.74) is 8.22. The SMILES string of the molecule is Cc1cc(C(N)=S)ccc1CN(C)CC(C)(C)O. The molecule has 1 aromatic rings. The van der Waals surface area contributed by atoms with E-state index in [0.29, 0.717) is 11.5 Å². The molecule has 0 unspecified atom stereocenters. The second kappa shape index (κ2) is 5.78. The molecule has 0 aliphatic heterocycles. The highest BCUT2D eigenvalue weighted by molar-refractivity contribution is 7.80. The average molecular weight is 266 g/mol. The van der Waals surface area contributed by atoms with Crippen molar-refractivity contribution < 1.29 is 5.11 Å². The van der Waals surface area contributed by atoms with Gasteiger partial charge < -0.3 is 10.8 Å². The summed E-state index contributed by atoms with van der Waals surface area (Å²) in [4.78, 5) is 2.53. The number of aryl methyl sites for hydroxylation is 1. The molecule has 0 fully saturated rings. The van der Waals surface area contributed by atoms with Crippen molar-refractivity contribution in [1.29, 1.82) is 0 Å². The summed E-state index contributed by atoms with van der Waals surface area (Å²) >= 11 is 4.96. The van der Waals surface area contributed by atoms with Crippen molar-refractivity contribution in [2.75, 3.05) is 13.6 Å². The van der Waals surface area contributed by atoms with Crippen LogP contribution in [0.5, 0.6) is 0 Å². The third-order valence-corrected chi connectivity index (χ3v) is 2.96. The Balaban J connectivity index is 2.77. The van der Waals surface area contributed by atoms with Gasteiger partial charge in [-0.2, -0.15) is 0 Å². The highest BCUT2D eigenvalue weighted by Gasteiger charge is 2.16. The van der Waals surface area contributed by atoms with Crippen LogP contribution in [-0.2, 0) is 6.54 Å². The fourth-order valence-corrected chi connectivity index (χ4v) is 2.16. The molecule has 4 heteroatoms. The molecule has 0 aliphatic rings. The predicted molar refractivity (Wildman–Crippen MR) is 79.7 cm³/mol. The van der Waals surface area contributed by atoms with Gasteiger partial charge in [-0.05, 0) is 45.0 Å². The van der Waals surface area contributed by atoms with E-state index in [4.69, 9.17) is 18.0 Å². The van der Waals surface area contributed by atoms with E-state index in [-0.39, 0.29) is 0 Å². The van der Waals surface area contributed by atoms with Crippen molar-refractivity contribution in [2.45, 2.75) is 32.9 Å². The van der Waals surface area contributed by atoms with Gasteiger partial charge in [0.25, 0.3) is 0 Å². The number of rotatable bonds is 5. The van der Waals surface area contributed by atoms with Crippen LogP contribution in [0.25, 0.3) is 0 Å². The van der Waals surface area contributed by atoms with Crippen LogP contribution in [-0.4, -0.2) is 34.2 Å². The number of likely N-dealkylation sites (N-methyl/N-ethyl adjacent to an activating group) is 1. The van der Waals surface area contributed by atoms with Crippen molar-refractivity contribution in [3.05, 3.63) is 34.9 Å². The minimum absolute atomic E-state index is 0.425. The van der Waals surface area contributed by atoms with Crippen molar-refractivity contribution in [3.63, 3.8) is 0 Å². The molecule has 0 saturated carbocycles. The molecule has 100 valence electrons. The Morgan fingerprint density at radius 2 is 2.06 bits per heavy atom. The fraction of sp³-hybridized carbons (Fsp3) is 0.500. The smallest absolute Gasteiger partial charge is 0.103 e. The highest BCUT2D eigenvalue weighted by atomic mass is 32.1. The van der Waals surface area contributed by atoms with E-state index in [1.165, 1.54) is 11.1 Å². The zero-order chi connectivity index (χ0) is 13.9. The summed E-state index contributed by atoms with van der Waals surface area (Å²) in [7, 11) is 2.00. The van der Waals surface area contributed by atoms with Gasteiger partial charge in [-0.1, -0.05) is 24.4 Å². The first-order chi connectivity index (χ1) is 8.19. The van der Waals surface area contributed by atoms with E-state index < -0.39 is 5.60 Å². The number of aliphatic hydroxyl groups is 1. The summed E-state index contributed by atoms with van der Waals surface area (Å²) < 4.78 is 0. The van der Waals surface area contributed by atoms with E-state index in [1.54, 1.807) is 0 Å². The normalized spacial score (nSPS) is 11.9. The van der Waals surface area contributed by atoms with Crippen LogP contribution in [0.15, 0.2) is 18.2 Å². The lowest BCUT2D eigenvalue weighted by Crippen LogP contribution is -2.35. The van der Waals surface area contributed by atoms with E-state index in [1.807, 2.05) is 39.1 Å². The minimum Gasteiger partial charge on any atom is -0.389 e. The Bertz CT molecular complexity index is 438. The Hall–Kier alpha value is -0.970. The Kier molecular flexibility index (Phi) is 4.85. The number of thiocarbonyl (C=S) groups is 1. The van der Waals surface area contributed by atoms with Crippen LogP contribution in [0.2, 0.25) is 0 Å². The largest absolute Gasteiger partial charge is 0.389 e. The van der Waals surface area contributed by atoms with Crippen molar-refractivity contribution >= 4 is 17.2 Å². The van der Waals surface area contributed by atoms with Crippen LogP contribution in [0.4, 0.5) is 0 Å². The maximum Gasteiger partial charge on any atom is 0.103 e. The minimum atomic E-state index is -0.679. The van der Waals surface area contributed by atoms with Crippen LogP contribution in [0.3, 0.4) is 0 Å². The first kappa shape index (κ1) is 15.1. The fourth-order valence-electron chi connectivity index (χ4n) is 2.03. The number of nitrogens with two attached hydrogens (primary N) is 1. The van der Waals surface area contributed by atoms with Crippen molar-refractivity contribution in [1.82, 2.24) is 4.90 Å². The van der Waals surface area contributed by atoms with Crippen molar-refractivity contribution in [3.8, 4) is 0 Å². The van der Waals surface area contributed by atoms with Gasteiger partial charge in [-0.15, -0.1) is 0 Å². The van der Waals surface area contributed by atoms with Crippen LogP contribution in [0.1, 0.15) is 30.5 Å². The molecule has 0 atom stereocenters. The lowest BCUT2D eigenvalue weighted by atomic mass is 10.0. The van der Waals surface area contributed by atoms with E-state index >= 15 is 0 Å². The molecule has 0 amide bonds. The highest BCUT2D eigenvalue weighted by Crippen LogP contribution is 2.14. The molecular weight excluding hydrogens is 244 g/mol. The van der Waals surface area contributed by atoms with Gasteiger partial charge in [0.2, 0.25) is 0 Å². The zero-order valence-electron chi connectivity index (χ0n) is 11.5. The van der Waals surface area contributed by atoms with Gasteiger partial charge in [-0.25, -0.2) is 0 Å². The van der Waals surface area contributed by atoms with Gasteiger partial charge in [0, 0.05) is 18.7 Å². The van der Waals surface area contributed by atoms with Crippen LogP contribution < -0.4 is 5.73 Å². The Morgan fingerprint density at radius 3 is 2.50 bits per heavy atom. The molecule has 0 aromatic heterocycles.